The van der Waals surface area contributed by atoms with Gasteiger partial charge in [-0.1, -0.05) is 70.8 Å². The van der Waals surface area contributed by atoms with Gasteiger partial charge < -0.3 is 9.84 Å². The second-order valence-corrected chi connectivity index (χ2v) is 9.24. The molecule has 0 saturated carbocycles. The van der Waals surface area contributed by atoms with Crippen molar-refractivity contribution in [3.63, 3.8) is 0 Å². The highest BCUT2D eigenvalue weighted by Gasteiger charge is 2.11. The van der Waals surface area contributed by atoms with Gasteiger partial charge in [0.2, 0.25) is 0 Å². The van der Waals surface area contributed by atoms with Gasteiger partial charge >= 0.3 is 0 Å². The summed E-state index contributed by atoms with van der Waals surface area (Å²) >= 11 is 0. The Balaban J connectivity index is 1.79. The van der Waals surface area contributed by atoms with E-state index < -0.39 is 10.1 Å². The minimum atomic E-state index is -4.29. The van der Waals surface area contributed by atoms with Crippen molar-refractivity contribution in [2.45, 2.75) is 82.4 Å². The molecule has 0 fully saturated rings. The van der Waals surface area contributed by atoms with Gasteiger partial charge in [-0.25, -0.2) is 0 Å². The largest absolute Gasteiger partial charge is 0.508 e. The molecule has 2 N–H and O–H groups in total. The van der Waals surface area contributed by atoms with Crippen LogP contribution in [-0.2, 0) is 16.5 Å². The summed E-state index contributed by atoms with van der Waals surface area (Å²) in [6.07, 6.45) is 13.6. The van der Waals surface area contributed by atoms with Gasteiger partial charge in [-0.15, -0.1) is 0 Å². The molecule has 0 heterocycles. The van der Waals surface area contributed by atoms with E-state index in [-0.39, 0.29) is 16.4 Å². The van der Waals surface area contributed by atoms with Crippen molar-refractivity contribution < 1.29 is 22.8 Å². The van der Waals surface area contributed by atoms with Crippen LogP contribution in [0, 0.1) is 0 Å². The number of rotatable bonds is 14. The van der Waals surface area contributed by atoms with E-state index >= 15 is 0 Å². The average Bonchev–Trinajstić information content (AvgIpc) is 2.68. The molecule has 0 aliphatic heterocycles. The van der Waals surface area contributed by atoms with Gasteiger partial charge in [-0.05, 0) is 42.7 Å². The highest BCUT2D eigenvalue weighted by atomic mass is 32.2. The SMILES string of the molecule is CCCCCCCCCCCCc1cc(O)cc(Oc2cccc(S(=O)(=O)O)c2)c1. The first kappa shape index (κ1) is 24.2. The lowest BCUT2D eigenvalue weighted by Crippen LogP contribution is -1.98. The molecule has 0 aliphatic rings. The van der Waals surface area contributed by atoms with Crippen molar-refractivity contribution in [1.82, 2.24) is 0 Å². The summed E-state index contributed by atoms with van der Waals surface area (Å²) in [5.74, 6) is 0.825. The van der Waals surface area contributed by atoms with Gasteiger partial charge in [0.25, 0.3) is 10.1 Å². The Morgan fingerprint density at radius 3 is 2.07 bits per heavy atom. The maximum atomic E-state index is 11.3. The molecule has 6 heteroatoms. The van der Waals surface area contributed by atoms with Crippen molar-refractivity contribution in [3.8, 4) is 17.2 Å². The molecule has 0 amide bonds. The van der Waals surface area contributed by atoms with E-state index in [9.17, 15) is 13.5 Å². The van der Waals surface area contributed by atoms with E-state index in [1.165, 1.54) is 75.6 Å². The minimum Gasteiger partial charge on any atom is -0.508 e. The zero-order chi connectivity index (χ0) is 21.8. The Morgan fingerprint density at radius 2 is 1.43 bits per heavy atom. The van der Waals surface area contributed by atoms with Gasteiger partial charge in [-0.3, -0.25) is 4.55 Å². The third-order valence-corrected chi connectivity index (χ3v) is 5.96. The lowest BCUT2D eigenvalue weighted by molar-refractivity contribution is 0.451. The van der Waals surface area contributed by atoms with Crippen LogP contribution >= 0.6 is 0 Å². The molecule has 2 aromatic rings. The number of benzene rings is 2. The third kappa shape index (κ3) is 9.18. The van der Waals surface area contributed by atoms with Crippen LogP contribution < -0.4 is 4.74 Å². The first-order chi connectivity index (χ1) is 14.4. The van der Waals surface area contributed by atoms with Crippen molar-refractivity contribution >= 4 is 10.1 Å². The average molecular weight is 435 g/mol. The zero-order valence-electron chi connectivity index (χ0n) is 17.8. The van der Waals surface area contributed by atoms with Gasteiger partial charge in [0, 0.05) is 12.1 Å². The van der Waals surface area contributed by atoms with Crippen LogP contribution in [-0.4, -0.2) is 18.1 Å². The van der Waals surface area contributed by atoms with Crippen LogP contribution in [0.1, 0.15) is 76.7 Å². The number of aromatic hydroxyl groups is 1. The molecule has 0 bridgehead atoms. The Morgan fingerprint density at radius 1 is 0.800 bits per heavy atom. The topological polar surface area (TPSA) is 83.8 Å². The Hall–Kier alpha value is -2.05. The molecular formula is C24H34O5S. The van der Waals surface area contributed by atoms with Crippen LogP contribution in [0.2, 0.25) is 0 Å². The highest BCUT2D eigenvalue weighted by molar-refractivity contribution is 7.85. The van der Waals surface area contributed by atoms with E-state index in [0.717, 1.165) is 24.8 Å². The lowest BCUT2D eigenvalue weighted by atomic mass is 10.0. The van der Waals surface area contributed by atoms with E-state index in [4.69, 9.17) is 9.29 Å². The second-order valence-electron chi connectivity index (χ2n) is 7.82. The summed E-state index contributed by atoms with van der Waals surface area (Å²) < 4.78 is 37.4. The van der Waals surface area contributed by atoms with Crippen LogP contribution in [0.15, 0.2) is 47.4 Å². The van der Waals surface area contributed by atoms with Gasteiger partial charge in [0.05, 0.1) is 4.90 Å². The van der Waals surface area contributed by atoms with Crippen molar-refractivity contribution in [2.24, 2.45) is 0 Å². The summed E-state index contributed by atoms with van der Waals surface area (Å²) in [6, 6.07) is 10.7. The zero-order valence-corrected chi connectivity index (χ0v) is 18.7. The molecule has 30 heavy (non-hydrogen) atoms. The smallest absolute Gasteiger partial charge is 0.294 e. The standard InChI is InChI=1S/C24H34O5S/c1-2-3-4-5-6-7-8-9-10-11-13-20-16-21(25)18-23(17-20)29-22-14-12-15-24(19-22)30(26,27)28/h12,14-19,25H,2-11,13H2,1H3,(H,26,27,28). The molecule has 2 aromatic carbocycles. The molecule has 0 aromatic heterocycles. The minimum absolute atomic E-state index is 0.112. The van der Waals surface area contributed by atoms with Crippen molar-refractivity contribution in [2.75, 3.05) is 0 Å². The maximum Gasteiger partial charge on any atom is 0.294 e. The number of hydrogen-bond acceptors (Lipinski definition) is 4. The quantitative estimate of drug-likeness (QED) is 0.250. The normalized spacial score (nSPS) is 11.5. The molecule has 0 unspecified atom stereocenters. The van der Waals surface area contributed by atoms with Crippen molar-refractivity contribution in [1.29, 1.82) is 0 Å². The maximum absolute atomic E-state index is 11.3. The Kier molecular flexibility index (Phi) is 10.2. The summed E-state index contributed by atoms with van der Waals surface area (Å²) in [5, 5.41) is 10.0. The third-order valence-electron chi connectivity index (χ3n) is 5.11. The van der Waals surface area contributed by atoms with E-state index in [1.807, 2.05) is 6.07 Å². The van der Waals surface area contributed by atoms with Gasteiger partial charge in [0.1, 0.15) is 17.2 Å². The predicted octanol–water partition coefficient (Wildman–Crippen LogP) is 6.89. The molecular weight excluding hydrogens is 400 g/mol. The van der Waals surface area contributed by atoms with Crippen LogP contribution in [0.3, 0.4) is 0 Å². The number of hydrogen-bond donors (Lipinski definition) is 2. The first-order valence-electron chi connectivity index (χ1n) is 11.0. The molecule has 166 valence electrons. The van der Waals surface area contributed by atoms with Crippen LogP contribution in [0.4, 0.5) is 0 Å². The lowest BCUT2D eigenvalue weighted by Gasteiger charge is -2.10. The Bertz CT molecular complexity index is 877. The molecule has 0 spiro atoms. The number of aryl methyl sites for hydroxylation is 1. The van der Waals surface area contributed by atoms with E-state index in [1.54, 1.807) is 12.1 Å². The summed E-state index contributed by atoms with van der Waals surface area (Å²) in [4.78, 5) is -0.231. The highest BCUT2D eigenvalue weighted by Crippen LogP contribution is 2.29. The van der Waals surface area contributed by atoms with Crippen LogP contribution in [0.25, 0.3) is 0 Å². The molecule has 2 rings (SSSR count). The fourth-order valence-corrected chi connectivity index (χ4v) is 4.01. The second kappa shape index (κ2) is 12.6. The van der Waals surface area contributed by atoms with Crippen molar-refractivity contribution in [3.05, 3.63) is 48.0 Å². The fourth-order valence-electron chi connectivity index (χ4n) is 3.50. The van der Waals surface area contributed by atoms with Gasteiger partial charge in [0.15, 0.2) is 0 Å². The fraction of sp³-hybridized carbons (Fsp3) is 0.500. The molecule has 0 radical (unpaired) electrons. The van der Waals surface area contributed by atoms with Crippen LogP contribution in [0.5, 0.6) is 17.2 Å². The molecule has 0 atom stereocenters. The number of unbranched alkanes of at least 4 members (excludes halogenated alkanes) is 9. The summed E-state index contributed by atoms with van der Waals surface area (Å²) in [5.41, 5.74) is 0.982. The summed E-state index contributed by atoms with van der Waals surface area (Å²) in [6.45, 7) is 2.24. The van der Waals surface area contributed by atoms with E-state index in [2.05, 4.69) is 6.92 Å². The summed E-state index contributed by atoms with van der Waals surface area (Å²) in [7, 11) is -4.29. The number of ether oxygens (including phenoxy) is 1. The monoisotopic (exact) mass is 434 g/mol. The molecule has 0 aliphatic carbocycles. The number of phenols is 1. The van der Waals surface area contributed by atoms with E-state index in [0.29, 0.717) is 5.75 Å². The first-order valence-corrected chi connectivity index (χ1v) is 12.4. The number of phenolic OH excluding ortho intramolecular Hbond substituents is 1. The molecule has 0 saturated heterocycles. The predicted molar refractivity (Wildman–Crippen MR) is 120 cm³/mol. The Labute approximate surface area is 180 Å². The molecule has 5 nitrogen and oxygen atoms in total. The van der Waals surface area contributed by atoms with Gasteiger partial charge in [-0.2, -0.15) is 8.42 Å².